The molecule has 0 aromatic rings. The molecule has 0 bridgehead atoms. The van der Waals surface area contributed by atoms with E-state index in [1.165, 1.54) is 0 Å². The largest absolute Gasteiger partial charge is 0.365 e. The molecule has 3 heteroatoms. The van der Waals surface area contributed by atoms with Gasteiger partial charge in [-0.05, 0) is 24.8 Å². The van der Waals surface area contributed by atoms with Crippen molar-refractivity contribution in [3.63, 3.8) is 0 Å². The van der Waals surface area contributed by atoms with Gasteiger partial charge in [0, 0.05) is 0 Å². The summed E-state index contributed by atoms with van der Waals surface area (Å²) in [4.78, 5) is 0. The van der Waals surface area contributed by atoms with Gasteiger partial charge in [-0.25, -0.2) is 0 Å². The molecule has 1 heterocycles. The Hall–Kier alpha value is -1.32. The van der Waals surface area contributed by atoms with Crippen LogP contribution in [-0.2, 0) is 4.74 Å². The number of hydrogen-bond acceptors (Lipinski definition) is 3. The Kier molecular flexibility index (Phi) is 1.60. The molecular weight excluding hydrogens is 152 g/mol. The predicted molar refractivity (Wildman–Crippen MR) is 40.8 cm³/mol. The van der Waals surface area contributed by atoms with Crippen LogP contribution in [0.4, 0.5) is 0 Å². The third-order valence-electron chi connectivity index (χ3n) is 2.41. The smallest absolute Gasteiger partial charge is 0.131 e. The van der Waals surface area contributed by atoms with Crippen LogP contribution in [0.3, 0.4) is 0 Å². The lowest BCUT2D eigenvalue weighted by Crippen LogP contribution is -2.07. The molecule has 2 rings (SSSR count). The van der Waals surface area contributed by atoms with Gasteiger partial charge in [0.05, 0.1) is 6.10 Å². The zero-order valence-electron chi connectivity index (χ0n) is 6.58. The SMILES string of the molecule is N#CC(C#N)=C1CCCC2OC12. The average Bonchev–Trinajstić information content (AvgIpc) is 2.86. The van der Waals surface area contributed by atoms with Gasteiger partial charge in [-0.3, -0.25) is 0 Å². The molecule has 1 saturated heterocycles. The molecule has 1 aliphatic heterocycles. The fourth-order valence-electron chi connectivity index (χ4n) is 1.74. The standard InChI is InChI=1S/C9H8N2O/c10-4-6(5-11)7-2-1-3-8-9(7)12-8/h8-9H,1-3H2. The van der Waals surface area contributed by atoms with Gasteiger partial charge in [0.2, 0.25) is 0 Å². The van der Waals surface area contributed by atoms with Crippen LogP contribution in [0.2, 0.25) is 0 Å². The maximum absolute atomic E-state index is 8.63. The minimum absolute atomic E-state index is 0.105. The van der Waals surface area contributed by atoms with Crippen LogP contribution in [0.1, 0.15) is 19.3 Å². The van der Waals surface area contributed by atoms with Crippen LogP contribution in [0, 0.1) is 22.7 Å². The van der Waals surface area contributed by atoms with Gasteiger partial charge < -0.3 is 4.74 Å². The Morgan fingerprint density at radius 3 is 2.83 bits per heavy atom. The molecule has 60 valence electrons. The minimum atomic E-state index is 0.105. The maximum Gasteiger partial charge on any atom is 0.131 e. The minimum Gasteiger partial charge on any atom is -0.365 e. The van der Waals surface area contributed by atoms with Crippen LogP contribution in [0.25, 0.3) is 0 Å². The predicted octanol–water partition coefficient (Wildman–Crippen LogP) is 1.28. The Morgan fingerprint density at radius 1 is 1.42 bits per heavy atom. The molecule has 0 radical (unpaired) electrons. The summed E-state index contributed by atoms with van der Waals surface area (Å²) in [5.41, 5.74) is 1.19. The lowest BCUT2D eigenvalue weighted by molar-refractivity contribution is 0.384. The number of nitrogens with zero attached hydrogens (tertiary/aromatic N) is 2. The second kappa shape index (κ2) is 2.62. The van der Waals surface area contributed by atoms with Crippen LogP contribution in [0.5, 0.6) is 0 Å². The van der Waals surface area contributed by atoms with Gasteiger partial charge in [0.1, 0.15) is 23.8 Å². The molecule has 2 atom stereocenters. The number of hydrogen-bond donors (Lipinski definition) is 0. The summed E-state index contributed by atoms with van der Waals surface area (Å²) in [6, 6.07) is 3.83. The highest BCUT2D eigenvalue weighted by atomic mass is 16.6. The fourth-order valence-corrected chi connectivity index (χ4v) is 1.74. The molecule has 0 spiro atoms. The number of allylic oxidation sites excluding steroid dienone is 1. The Morgan fingerprint density at radius 2 is 2.17 bits per heavy atom. The van der Waals surface area contributed by atoms with Crippen molar-refractivity contribution >= 4 is 0 Å². The van der Waals surface area contributed by atoms with Crippen molar-refractivity contribution in [2.24, 2.45) is 0 Å². The first-order valence-corrected chi connectivity index (χ1v) is 4.05. The van der Waals surface area contributed by atoms with E-state index < -0.39 is 0 Å². The van der Waals surface area contributed by atoms with Crippen molar-refractivity contribution in [1.29, 1.82) is 10.5 Å². The summed E-state index contributed by atoms with van der Waals surface area (Å²) in [5.74, 6) is 0. The monoisotopic (exact) mass is 160 g/mol. The second-order valence-corrected chi connectivity index (χ2v) is 3.11. The Bertz CT molecular complexity index is 302. The van der Waals surface area contributed by atoms with E-state index in [-0.39, 0.29) is 11.7 Å². The number of epoxide rings is 1. The lowest BCUT2D eigenvalue weighted by atomic mass is 9.92. The number of fused-ring (bicyclic) bond motifs is 1. The quantitative estimate of drug-likeness (QED) is 0.396. The molecule has 3 nitrogen and oxygen atoms in total. The highest BCUT2D eigenvalue weighted by molar-refractivity contribution is 5.44. The molecule has 2 fully saturated rings. The highest BCUT2D eigenvalue weighted by Gasteiger charge is 2.45. The van der Waals surface area contributed by atoms with Gasteiger partial charge in [-0.2, -0.15) is 10.5 Å². The fraction of sp³-hybridized carbons (Fsp3) is 0.556. The number of rotatable bonds is 0. The Balaban J connectivity index is 2.28. The summed E-state index contributed by atoms with van der Waals surface area (Å²) in [7, 11) is 0. The van der Waals surface area contributed by atoms with E-state index in [0.717, 1.165) is 24.8 Å². The lowest BCUT2D eigenvalue weighted by Gasteiger charge is -2.07. The zero-order chi connectivity index (χ0) is 8.55. The molecule has 0 aromatic heterocycles. The van der Waals surface area contributed by atoms with Gasteiger partial charge in [0.15, 0.2) is 0 Å². The van der Waals surface area contributed by atoms with E-state index in [1.807, 2.05) is 12.1 Å². The van der Waals surface area contributed by atoms with Crippen LogP contribution in [-0.4, -0.2) is 12.2 Å². The summed E-state index contributed by atoms with van der Waals surface area (Å²) >= 11 is 0. The van der Waals surface area contributed by atoms with E-state index >= 15 is 0 Å². The van der Waals surface area contributed by atoms with Crippen molar-refractivity contribution in [3.8, 4) is 12.1 Å². The molecule has 2 aliphatic rings. The molecule has 2 unspecified atom stereocenters. The first-order chi connectivity index (χ1) is 5.86. The normalized spacial score (nSPS) is 31.3. The van der Waals surface area contributed by atoms with Gasteiger partial charge in [0.25, 0.3) is 0 Å². The first-order valence-electron chi connectivity index (χ1n) is 4.05. The topological polar surface area (TPSA) is 60.1 Å². The molecule has 1 aliphatic carbocycles. The second-order valence-electron chi connectivity index (χ2n) is 3.11. The van der Waals surface area contributed by atoms with E-state index in [0.29, 0.717) is 6.10 Å². The first kappa shape index (κ1) is 7.34. The van der Waals surface area contributed by atoms with Gasteiger partial charge in [-0.15, -0.1) is 0 Å². The molecule has 12 heavy (non-hydrogen) atoms. The van der Waals surface area contributed by atoms with Crippen molar-refractivity contribution in [3.05, 3.63) is 11.1 Å². The van der Waals surface area contributed by atoms with Crippen LogP contribution in [0.15, 0.2) is 11.1 Å². The van der Waals surface area contributed by atoms with Crippen LogP contribution >= 0.6 is 0 Å². The third-order valence-corrected chi connectivity index (χ3v) is 2.41. The van der Waals surface area contributed by atoms with Crippen molar-refractivity contribution < 1.29 is 4.74 Å². The summed E-state index contributed by atoms with van der Waals surface area (Å²) < 4.78 is 5.31. The average molecular weight is 160 g/mol. The van der Waals surface area contributed by atoms with E-state index in [2.05, 4.69) is 0 Å². The molecule has 0 aromatic carbocycles. The van der Waals surface area contributed by atoms with Crippen molar-refractivity contribution in [2.75, 3.05) is 0 Å². The van der Waals surface area contributed by atoms with Crippen molar-refractivity contribution in [2.45, 2.75) is 31.5 Å². The van der Waals surface area contributed by atoms with E-state index in [1.54, 1.807) is 0 Å². The number of nitriles is 2. The Labute approximate surface area is 70.9 Å². The van der Waals surface area contributed by atoms with Gasteiger partial charge >= 0.3 is 0 Å². The van der Waals surface area contributed by atoms with Crippen LogP contribution < -0.4 is 0 Å². The summed E-state index contributed by atoms with van der Waals surface area (Å²) in [6.07, 6.45) is 3.40. The molecule has 1 saturated carbocycles. The maximum atomic E-state index is 8.63. The molecular formula is C9H8N2O. The van der Waals surface area contributed by atoms with E-state index in [4.69, 9.17) is 15.3 Å². The zero-order valence-corrected chi connectivity index (χ0v) is 6.58. The highest BCUT2D eigenvalue weighted by Crippen LogP contribution is 2.41. The molecule has 0 N–H and O–H groups in total. The summed E-state index contributed by atoms with van der Waals surface area (Å²) in [6.45, 7) is 0. The van der Waals surface area contributed by atoms with Crippen molar-refractivity contribution in [1.82, 2.24) is 0 Å². The summed E-state index contributed by atoms with van der Waals surface area (Å²) in [5, 5.41) is 17.3. The third kappa shape index (κ3) is 0.995. The van der Waals surface area contributed by atoms with Gasteiger partial charge in [-0.1, -0.05) is 0 Å². The van der Waals surface area contributed by atoms with E-state index in [9.17, 15) is 0 Å². The number of ether oxygens (including phenoxy) is 1. The molecule has 0 amide bonds.